The Hall–Kier alpha value is -3.27. The number of hydrogen-bond donors (Lipinski definition) is 5. The van der Waals surface area contributed by atoms with Crippen LogP contribution in [0.1, 0.15) is 17.3 Å². The number of anilines is 4. The fourth-order valence-electron chi connectivity index (χ4n) is 3.87. The second-order valence-corrected chi connectivity index (χ2v) is 8.41. The van der Waals surface area contributed by atoms with Crippen LogP contribution < -0.4 is 26.2 Å². The van der Waals surface area contributed by atoms with Crippen LogP contribution in [-0.4, -0.2) is 73.8 Å². The first kappa shape index (κ1) is 26.3. The number of nitrogens with zero attached hydrogens (tertiary/aromatic N) is 3. The molecule has 0 radical (unpaired) electrons. The molecule has 0 aliphatic carbocycles. The summed E-state index contributed by atoms with van der Waals surface area (Å²) in [6.07, 6.45) is 5.06. The van der Waals surface area contributed by atoms with Crippen molar-refractivity contribution in [2.24, 2.45) is 0 Å². The maximum absolute atomic E-state index is 12.7. The Morgan fingerprint density at radius 2 is 2.00 bits per heavy atom. The number of allylic oxidation sites excluding steroid dienone is 2. The van der Waals surface area contributed by atoms with Gasteiger partial charge in [-0.15, -0.1) is 0 Å². The highest BCUT2D eigenvalue weighted by Gasteiger charge is 2.20. The molecule has 1 saturated heterocycles. The molecule has 1 fully saturated rings. The van der Waals surface area contributed by atoms with E-state index in [2.05, 4.69) is 42.6 Å². The van der Waals surface area contributed by atoms with Gasteiger partial charge in [-0.05, 0) is 31.2 Å². The van der Waals surface area contributed by atoms with Crippen molar-refractivity contribution in [3.8, 4) is 0 Å². The van der Waals surface area contributed by atoms with Gasteiger partial charge in [0.05, 0.1) is 34.8 Å². The zero-order chi connectivity index (χ0) is 25.2. The van der Waals surface area contributed by atoms with E-state index in [0.29, 0.717) is 34.3 Å². The first-order valence-corrected chi connectivity index (χ1v) is 12.1. The summed E-state index contributed by atoms with van der Waals surface area (Å²) >= 11 is 6.43. The Labute approximate surface area is 211 Å². The maximum Gasteiger partial charge on any atom is 0.253 e. The van der Waals surface area contributed by atoms with Crippen molar-refractivity contribution in [1.29, 1.82) is 0 Å². The van der Waals surface area contributed by atoms with Crippen molar-refractivity contribution in [2.45, 2.75) is 6.92 Å². The third-order valence-corrected chi connectivity index (χ3v) is 5.97. The standard InChI is InChI=1S/C25H34ClN7O2/c1-4-6-23(28-5-2)31-24-16-22(20(26)17-29-24)30-21-8-7-18(15-19(21)25(35)27-3)33-11-9-32(10-12-33)13-14-34/h4,6-8,15-17,28,34H,1,5,9-14H2,2-3H3,(H,27,35)(H2,29,30,31)/b23-6+. The largest absolute Gasteiger partial charge is 0.395 e. The number of β-amino-alcohol motifs (C(OH)–C–C–N with tert-alkyl or cyclic N) is 1. The summed E-state index contributed by atoms with van der Waals surface area (Å²) in [4.78, 5) is 21.6. The van der Waals surface area contributed by atoms with E-state index < -0.39 is 0 Å². The lowest BCUT2D eigenvalue weighted by molar-refractivity contribution is 0.0964. The van der Waals surface area contributed by atoms with Crippen molar-refractivity contribution >= 4 is 40.4 Å². The quantitative estimate of drug-likeness (QED) is 0.301. The molecule has 188 valence electrons. The number of pyridine rings is 1. The van der Waals surface area contributed by atoms with E-state index in [1.165, 1.54) is 0 Å². The molecule has 1 aromatic carbocycles. The average Bonchev–Trinajstić information content (AvgIpc) is 2.87. The molecule has 0 bridgehead atoms. The van der Waals surface area contributed by atoms with Gasteiger partial charge in [0.1, 0.15) is 11.6 Å². The highest BCUT2D eigenvalue weighted by atomic mass is 35.5. The predicted octanol–water partition coefficient (Wildman–Crippen LogP) is 3.00. The van der Waals surface area contributed by atoms with E-state index in [-0.39, 0.29) is 12.5 Å². The highest BCUT2D eigenvalue weighted by molar-refractivity contribution is 6.33. The number of benzene rings is 1. The molecule has 2 aromatic rings. The minimum Gasteiger partial charge on any atom is -0.395 e. The van der Waals surface area contributed by atoms with Gasteiger partial charge in [-0.25, -0.2) is 4.98 Å². The molecule has 1 aliphatic heterocycles. The van der Waals surface area contributed by atoms with Crippen LogP contribution in [0.4, 0.5) is 22.9 Å². The zero-order valence-electron chi connectivity index (χ0n) is 20.3. The van der Waals surface area contributed by atoms with Gasteiger partial charge in [0, 0.05) is 58.1 Å². The zero-order valence-corrected chi connectivity index (χ0v) is 21.0. The number of carbonyl (C=O) groups excluding carboxylic acids is 1. The van der Waals surface area contributed by atoms with Crippen LogP contribution in [0.3, 0.4) is 0 Å². The number of amides is 1. The van der Waals surface area contributed by atoms with Crippen LogP contribution in [0.2, 0.25) is 5.02 Å². The van der Waals surface area contributed by atoms with Crippen LogP contribution >= 0.6 is 11.6 Å². The SMILES string of the molecule is C=C/C=C(\NCC)Nc1cc(Nc2ccc(N3CCN(CCO)CC3)cc2C(=O)NC)c(Cl)cn1. The molecule has 5 N–H and O–H groups in total. The lowest BCUT2D eigenvalue weighted by Gasteiger charge is -2.36. The Kier molecular flexibility index (Phi) is 9.77. The number of hydrogen-bond acceptors (Lipinski definition) is 8. The molecule has 1 aromatic heterocycles. The number of halogens is 1. The number of nitrogens with one attached hydrogen (secondary N) is 4. The third-order valence-electron chi connectivity index (χ3n) is 5.67. The van der Waals surface area contributed by atoms with Crippen molar-refractivity contribution < 1.29 is 9.90 Å². The Bertz CT molecular complexity index is 1050. The molecular formula is C25H34ClN7O2. The molecule has 0 spiro atoms. The second-order valence-electron chi connectivity index (χ2n) is 8.01. The van der Waals surface area contributed by atoms with E-state index in [1.807, 2.05) is 31.2 Å². The van der Waals surface area contributed by atoms with Gasteiger partial charge < -0.3 is 31.3 Å². The fourth-order valence-corrected chi connectivity index (χ4v) is 4.02. The van der Waals surface area contributed by atoms with E-state index >= 15 is 0 Å². The molecule has 10 heteroatoms. The number of piperazine rings is 1. The first-order valence-electron chi connectivity index (χ1n) is 11.7. The lowest BCUT2D eigenvalue weighted by atomic mass is 10.1. The van der Waals surface area contributed by atoms with Crippen molar-refractivity contribution in [3.63, 3.8) is 0 Å². The van der Waals surface area contributed by atoms with Crippen molar-refractivity contribution in [3.05, 3.63) is 65.6 Å². The first-order chi connectivity index (χ1) is 17.0. The minimum atomic E-state index is -0.194. The molecule has 2 heterocycles. The van der Waals surface area contributed by atoms with Gasteiger partial charge in [-0.2, -0.15) is 0 Å². The van der Waals surface area contributed by atoms with Crippen LogP contribution in [0.25, 0.3) is 0 Å². The van der Waals surface area contributed by atoms with Gasteiger partial charge >= 0.3 is 0 Å². The average molecular weight is 500 g/mol. The molecular weight excluding hydrogens is 466 g/mol. The highest BCUT2D eigenvalue weighted by Crippen LogP contribution is 2.31. The summed E-state index contributed by atoms with van der Waals surface area (Å²) in [6.45, 7) is 10.7. The van der Waals surface area contributed by atoms with E-state index in [4.69, 9.17) is 11.6 Å². The molecule has 0 atom stereocenters. The summed E-state index contributed by atoms with van der Waals surface area (Å²) in [5.41, 5.74) is 2.75. The molecule has 9 nitrogen and oxygen atoms in total. The maximum atomic E-state index is 12.7. The smallest absolute Gasteiger partial charge is 0.253 e. The van der Waals surface area contributed by atoms with Crippen LogP contribution in [0.15, 0.2) is 55.0 Å². The number of aromatic nitrogens is 1. The third kappa shape index (κ3) is 7.11. The summed E-state index contributed by atoms with van der Waals surface area (Å²) in [5, 5.41) is 22.0. The summed E-state index contributed by atoms with van der Waals surface area (Å²) in [7, 11) is 1.61. The minimum absolute atomic E-state index is 0.164. The Morgan fingerprint density at radius 1 is 1.23 bits per heavy atom. The fraction of sp³-hybridized carbons (Fsp3) is 0.360. The number of aliphatic hydroxyl groups excluding tert-OH is 1. The van der Waals surface area contributed by atoms with Gasteiger partial charge in [-0.1, -0.05) is 24.3 Å². The van der Waals surface area contributed by atoms with E-state index in [1.54, 1.807) is 25.4 Å². The predicted molar refractivity (Wildman–Crippen MR) is 144 cm³/mol. The van der Waals surface area contributed by atoms with Crippen LogP contribution in [-0.2, 0) is 0 Å². The van der Waals surface area contributed by atoms with E-state index in [0.717, 1.165) is 44.2 Å². The number of aliphatic hydroxyl groups is 1. The molecule has 3 rings (SSSR count). The van der Waals surface area contributed by atoms with Gasteiger partial charge in [0.15, 0.2) is 0 Å². The van der Waals surface area contributed by atoms with Gasteiger partial charge in [-0.3, -0.25) is 9.69 Å². The molecule has 35 heavy (non-hydrogen) atoms. The summed E-state index contributed by atoms with van der Waals surface area (Å²) in [6, 6.07) is 7.58. The summed E-state index contributed by atoms with van der Waals surface area (Å²) < 4.78 is 0. The normalized spacial score (nSPS) is 14.4. The van der Waals surface area contributed by atoms with Crippen LogP contribution in [0.5, 0.6) is 0 Å². The molecule has 0 saturated carbocycles. The molecule has 1 aliphatic rings. The van der Waals surface area contributed by atoms with Crippen LogP contribution in [0, 0.1) is 0 Å². The topological polar surface area (TPSA) is 105 Å². The van der Waals surface area contributed by atoms with Gasteiger partial charge in [0.2, 0.25) is 0 Å². The Morgan fingerprint density at radius 3 is 2.66 bits per heavy atom. The Balaban J connectivity index is 1.83. The molecule has 1 amide bonds. The summed E-state index contributed by atoms with van der Waals surface area (Å²) in [5.74, 6) is 1.16. The lowest BCUT2D eigenvalue weighted by Crippen LogP contribution is -2.47. The molecule has 0 unspecified atom stereocenters. The monoisotopic (exact) mass is 499 g/mol. The van der Waals surface area contributed by atoms with E-state index in [9.17, 15) is 9.90 Å². The number of carbonyl (C=O) groups is 1. The second kappa shape index (κ2) is 13.0. The van der Waals surface area contributed by atoms with Crippen molar-refractivity contribution in [2.75, 3.05) is 68.5 Å². The van der Waals surface area contributed by atoms with Gasteiger partial charge in [0.25, 0.3) is 5.91 Å². The van der Waals surface area contributed by atoms with Crippen molar-refractivity contribution in [1.82, 2.24) is 20.5 Å². The number of rotatable bonds is 11.